The fourth-order valence-corrected chi connectivity index (χ4v) is 3.51. The Morgan fingerprint density at radius 3 is 2.77 bits per heavy atom. The first-order chi connectivity index (χ1) is 12.5. The molecule has 0 radical (unpaired) electrons. The van der Waals surface area contributed by atoms with Crippen LogP contribution in [0.15, 0.2) is 18.5 Å². The molecule has 1 saturated heterocycles. The Morgan fingerprint density at radius 1 is 1.42 bits per heavy atom. The van der Waals surface area contributed by atoms with Crippen molar-refractivity contribution in [1.29, 1.82) is 0 Å². The monoisotopic (exact) mass is 360 g/mol. The Bertz CT molecular complexity index is 745. The molecule has 2 N–H and O–H groups in total. The number of likely N-dealkylation sites (tertiary alicyclic amines) is 1. The highest BCUT2D eigenvalue weighted by molar-refractivity contribution is 5.88. The van der Waals surface area contributed by atoms with Gasteiger partial charge >= 0.3 is 6.03 Å². The zero-order chi connectivity index (χ0) is 18.7. The number of aromatic nitrogens is 4. The maximum Gasteiger partial charge on any atom is 0.322 e. The normalized spacial score (nSPS) is 16.7. The van der Waals surface area contributed by atoms with E-state index in [1.54, 1.807) is 11.1 Å². The van der Waals surface area contributed by atoms with Crippen molar-refractivity contribution in [2.45, 2.75) is 45.8 Å². The number of aliphatic hydroxyl groups is 1. The van der Waals surface area contributed by atoms with Gasteiger partial charge in [0.15, 0.2) is 0 Å². The minimum atomic E-state index is -0.589. The molecule has 0 unspecified atom stereocenters. The quantitative estimate of drug-likeness (QED) is 0.856. The number of amides is 2. The van der Waals surface area contributed by atoms with Gasteiger partial charge in [0, 0.05) is 45.1 Å². The van der Waals surface area contributed by atoms with E-state index in [9.17, 15) is 9.90 Å². The number of urea groups is 1. The van der Waals surface area contributed by atoms with E-state index in [1.807, 2.05) is 35.5 Å². The third kappa shape index (κ3) is 3.90. The molecule has 0 aliphatic carbocycles. The second-order valence-electron chi connectivity index (χ2n) is 6.99. The summed E-state index contributed by atoms with van der Waals surface area (Å²) in [5.74, 6) is 1.55. The van der Waals surface area contributed by atoms with Crippen LogP contribution < -0.4 is 5.32 Å². The predicted molar refractivity (Wildman–Crippen MR) is 98.7 cm³/mol. The fourth-order valence-electron chi connectivity index (χ4n) is 3.51. The molecule has 0 saturated carbocycles. The lowest BCUT2D eigenvalue weighted by Gasteiger charge is -2.34. The summed E-state index contributed by atoms with van der Waals surface area (Å²) < 4.78 is 3.69. The molecule has 1 fully saturated rings. The standard InChI is InChI=1S/C18H28N6O2/c1-4-8-24-15(12-13(2)21-24)20-18(26)23-9-5-14(6-10-23)16(25)17-19-7-11-22(17)3/h7,11-12,14,16,25H,4-6,8-10H2,1-3H3,(H,20,26)/t16-/m0/s1. The molecular weight excluding hydrogens is 332 g/mol. The summed E-state index contributed by atoms with van der Waals surface area (Å²) in [6.07, 6.45) is 5.42. The predicted octanol–water partition coefficient (Wildman–Crippen LogP) is 2.31. The Kier molecular flexibility index (Phi) is 5.61. The molecule has 0 aromatic carbocycles. The van der Waals surface area contributed by atoms with Gasteiger partial charge in [-0.2, -0.15) is 5.10 Å². The van der Waals surface area contributed by atoms with Gasteiger partial charge in [-0.3, -0.25) is 5.32 Å². The van der Waals surface area contributed by atoms with E-state index in [-0.39, 0.29) is 11.9 Å². The van der Waals surface area contributed by atoms with Crippen molar-refractivity contribution in [3.63, 3.8) is 0 Å². The molecule has 8 nitrogen and oxygen atoms in total. The molecule has 26 heavy (non-hydrogen) atoms. The molecular formula is C18H28N6O2. The highest BCUT2D eigenvalue weighted by atomic mass is 16.3. The minimum Gasteiger partial charge on any atom is -0.385 e. The van der Waals surface area contributed by atoms with E-state index < -0.39 is 6.10 Å². The maximum atomic E-state index is 12.6. The average Bonchev–Trinajstić information content (AvgIpc) is 3.20. The summed E-state index contributed by atoms with van der Waals surface area (Å²) in [6, 6.07) is 1.79. The second-order valence-corrected chi connectivity index (χ2v) is 6.99. The largest absolute Gasteiger partial charge is 0.385 e. The molecule has 142 valence electrons. The molecule has 3 heterocycles. The fraction of sp³-hybridized carbons (Fsp3) is 0.611. The van der Waals surface area contributed by atoms with Crippen LogP contribution >= 0.6 is 0 Å². The van der Waals surface area contributed by atoms with Crippen LogP contribution in [0, 0.1) is 12.8 Å². The van der Waals surface area contributed by atoms with E-state index in [0.717, 1.165) is 37.3 Å². The lowest BCUT2D eigenvalue weighted by molar-refractivity contribution is 0.0599. The number of carbonyl (C=O) groups is 1. The van der Waals surface area contributed by atoms with Crippen molar-refractivity contribution in [3.05, 3.63) is 30.0 Å². The molecule has 2 aromatic rings. The van der Waals surface area contributed by atoms with Crippen molar-refractivity contribution in [3.8, 4) is 0 Å². The minimum absolute atomic E-state index is 0.104. The van der Waals surface area contributed by atoms with Gasteiger partial charge in [0.05, 0.1) is 5.69 Å². The second kappa shape index (κ2) is 7.90. The Hall–Kier alpha value is -2.35. The lowest BCUT2D eigenvalue weighted by Crippen LogP contribution is -2.42. The topological polar surface area (TPSA) is 88.2 Å². The van der Waals surface area contributed by atoms with Crippen LogP contribution in [0.2, 0.25) is 0 Å². The van der Waals surface area contributed by atoms with Crippen LogP contribution in [0.25, 0.3) is 0 Å². The van der Waals surface area contributed by atoms with E-state index in [0.29, 0.717) is 18.9 Å². The van der Waals surface area contributed by atoms with Gasteiger partial charge in [0.2, 0.25) is 0 Å². The van der Waals surface area contributed by atoms with Gasteiger partial charge in [0.25, 0.3) is 0 Å². The molecule has 1 aliphatic heterocycles. The Labute approximate surface area is 153 Å². The number of nitrogens with zero attached hydrogens (tertiary/aromatic N) is 5. The molecule has 1 aliphatic rings. The van der Waals surface area contributed by atoms with Gasteiger partial charge < -0.3 is 14.6 Å². The molecule has 1 atom stereocenters. The Morgan fingerprint density at radius 2 is 2.15 bits per heavy atom. The Balaban J connectivity index is 1.56. The van der Waals surface area contributed by atoms with Crippen LogP contribution in [-0.2, 0) is 13.6 Å². The van der Waals surface area contributed by atoms with Crippen LogP contribution in [0.1, 0.15) is 43.8 Å². The van der Waals surface area contributed by atoms with E-state index >= 15 is 0 Å². The number of rotatable bonds is 5. The van der Waals surface area contributed by atoms with Gasteiger partial charge in [-0.25, -0.2) is 14.5 Å². The number of hydrogen-bond acceptors (Lipinski definition) is 4. The number of hydrogen-bond donors (Lipinski definition) is 2. The zero-order valence-electron chi connectivity index (χ0n) is 15.7. The van der Waals surface area contributed by atoms with Gasteiger partial charge in [0.1, 0.15) is 17.7 Å². The lowest BCUT2D eigenvalue weighted by atomic mass is 9.91. The highest BCUT2D eigenvalue weighted by Gasteiger charge is 2.30. The van der Waals surface area contributed by atoms with Crippen LogP contribution in [0.4, 0.5) is 10.6 Å². The van der Waals surface area contributed by atoms with Crippen LogP contribution in [0.3, 0.4) is 0 Å². The first-order valence-corrected chi connectivity index (χ1v) is 9.25. The third-order valence-corrected chi connectivity index (χ3v) is 4.97. The summed E-state index contributed by atoms with van der Waals surface area (Å²) in [5.41, 5.74) is 0.894. The smallest absolute Gasteiger partial charge is 0.322 e. The van der Waals surface area contributed by atoms with Crippen molar-refractivity contribution in [2.24, 2.45) is 13.0 Å². The number of aryl methyl sites for hydroxylation is 3. The zero-order valence-corrected chi connectivity index (χ0v) is 15.7. The summed E-state index contributed by atoms with van der Waals surface area (Å²) in [5, 5.41) is 17.9. The van der Waals surface area contributed by atoms with Gasteiger partial charge in [-0.05, 0) is 32.1 Å². The molecule has 8 heteroatoms. The van der Waals surface area contributed by atoms with Gasteiger partial charge in [-0.1, -0.05) is 6.92 Å². The van der Waals surface area contributed by atoms with Crippen LogP contribution in [-0.4, -0.2) is 48.5 Å². The van der Waals surface area contributed by atoms with Crippen molar-refractivity contribution in [2.75, 3.05) is 18.4 Å². The number of imidazole rings is 1. The van der Waals surface area contributed by atoms with E-state index in [4.69, 9.17) is 0 Å². The molecule has 3 rings (SSSR count). The number of nitrogens with one attached hydrogen (secondary N) is 1. The summed E-state index contributed by atoms with van der Waals surface area (Å²) >= 11 is 0. The number of carbonyl (C=O) groups excluding carboxylic acids is 1. The van der Waals surface area contributed by atoms with Crippen molar-refractivity contribution in [1.82, 2.24) is 24.2 Å². The molecule has 0 bridgehead atoms. The average molecular weight is 360 g/mol. The summed E-state index contributed by atoms with van der Waals surface area (Å²) in [7, 11) is 1.88. The first-order valence-electron chi connectivity index (χ1n) is 9.25. The van der Waals surface area contributed by atoms with Crippen molar-refractivity contribution >= 4 is 11.8 Å². The van der Waals surface area contributed by atoms with E-state index in [2.05, 4.69) is 22.3 Å². The third-order valence-electron chi connectivity index (χ3n) is 4.97. The SMILES string of the molecule is CCCn1nc(C)cc1NC(=O)N1CCC([C@H](O)c2nccn2C)CC1. The first kappa shape index (κ1) is 18.4. The number of anilines is 1. The molecule has 2 amide bonds. The number of aliphatic hydroxyl groups excluding tert-OH is 1. The van der Waals surface area contributed by atoms with Crippen molar-refractivity contribution < 1.29 is 9.90 Å². The summed E-state index contributed by atoms with van der Waals surface area (Å²) in [4.78, 5) is 18.6. The molecule has 0 spiro atoms. The van der Waals surface area contributed by atoms with E-state index in [1.165, 1.54) is 0 Å². The highest BCUT2D eigenvalue weighted by Crippen LogP contribution is 2.30. The van der Waals surface area contributed by atoms with Gasteiger partial charge in [-0.15, -0.1) is 0 Å². The maximum absolute atomic E-state index is 12.6. The van der Waals surface area contributed by atoms with Crippen LogP contribution in [0.5, 0.6) is 0 Å². The summed E-state index contributed by atoms with van der Waals surface area (Å²) in [6.45, 7) is 6.03. The number of piperidine rings is 1. The molecule has 2 aromatic heterocycles.